The minimum absolute atomic E-state index is 0.178. The molecule has 2 aromatic rings. The van der Waals surface area contributed by atoms with Crippen LogP contribution in [0.25, 0.3) is 0 Å². The zero-order valence-electron chi connectivity index (χ0n) is 17.6. The number of fused-ring (bicyclic) bond motifs is 1. The molecule has 0 bridgehead atoms. The van der Waals surface area contributed by atoms with Crippen LogP contribution in [0.4, 0.5) is 5.69 Å². The van der Waals surface area contributed by atoms with Gasteiger partial charge in [-0.05, 0) is 51.2 Å². The standard InChI is InChI=1S/C23H28N2O3S/c1-15-6-9-18(10-7-15)22-21(28-17(3)26)23(27)25(13-12-24(4)5)19-11-8-16(2)14-20(19)29-22/h6-11,14,21-22H,12-13H2,1-5H3. The lowest BCUT2D eigenvalue weighted by Crippen LogP contribution is -2.45. The summed E-state index contributed by atoms with van der Waals surface area (Å²) in [7, 11) is 3.96. The van der Waals surface area contributed by atoms with E-state index in [-0.39, 0.29) is 11.2 Å². The van der Waals surface area contributed by atoms with Gasteiger partial charge < -0.3 is 14.5 Å². The van der Waals surface area contributed by atoms with E-state index in [0.29, 0.717) is 13.1 Å². The molecule has 2 unspecified atom stereocenters. The van der Waals surface area contributed by atoms with Gasteiger partial charge in [0.1, 0.15) is 0 Å². The summed E-state index contributed by atoms with van der Waals surface area (Å²) in [6, 6.07) is 14.2. The number of ether oxygens (including phenoxy) is 1. The molecule has 154 valence electrons. The summed E-state index contributed by atoms with van der Waals surface area (Å²) in [5, 5.41) is -0.308. The van der Waals surface area contributed by atoms with Crippen molar-refractivity contribution in [2.75, 3.05) is 32.1 Å². The summed E-state index contributed by atoms with van der Waals surface area (Å²) in [6.45, 7) is 6.67. The third-order valence-corrected chi connectivity index (χ3v) is 6.27. The zero-order valence-corrected chi connectivity index (χ0v) is 18.5. The van der Waals surface area contributed by atoms with Crippen molar-refractivity contribution in [3.05, 3.63) is 59.2 Å². The molecule has 0 spiro atoms. The number of carbonyl (C=O) groups is 2. The van der Waals surface area contributed by atoms with Crippen molar-refractivity contribution in [2.24, 2.45) is 0 Å². The van der Waals surface area contributed by atoms with Crippen molar-refractivity contribution in [3.8, 4) is 0 Å². The van der Waals surface area contributed by atoms with Crippen LogP contribution in [-0.2, 0) is 14.3 Å². The monoisotopic (exact) mass is 412 g/mol. The summed E-state index contributed by atoms with van der Waals surface area (Å²) in [6.07, 6.45) is -0.880. The summed E-state index contributed by atoms with van der Waals surface area (Å²) < 4.78 is 5.61. The Morgan fingerprint density at radius 1 is 1.10 bits per heavy atom. The van der Waals surface area contributed by atoms with Gasteiger partial charge in [0.25, 0.3) is 5.91 Å². The topological polar surface area (TPSA) is 49.9 Å². The Balaban J connectivity index is 2.10. The van der Waals surface area contributed by atoms with Crippen LogP contribution in [-0.4, -0.2) is 50.1 Å². The maximum Gasteiger partial charge on any atom is 0.303 e. The molecule has 1 aliphatic rings. The second kappa shape index (κ2) is 9.01. The van der Waals surface area contributed by atoms with Crippen LogP contribution < -0.4 is 4.90 Å². The van der Waals surface area contributed by atoms with E-state index in [1.165, 1.54) is 6.92 Å². The molecule has 0 aliphatic carbocycles. The van der Waals surface area contributed by atoms with Gasteiger partial charge in [0, 0.05) is 24.9 Å². The van der Waals surface area contributed by atoms with Gasteiger partial charge >= 0.3 is 5.97 Å². The summed E-state index contributed by atoms with van der Waals surface area (Å²) >= 11 is 1.59. The van der Waals surface area contributed by atoms with E-state index in [2.05, 4.69) is 6.07 Å². The molecule has 0 saturated carbocycles. The van der Waals surface area contributed by atoms with Crippen LogP contribution in [0, 0.1) is 13.8 Å². The fourth-order valence-electron chi connectivity index (χ4n) is 3.36. The van der Waals surface area contributed by atoms with Crippen molar-refractivity contribution in [2.45, 2.75) is 37.0 Å². The minimum Gasteiger partial charge on any atom is -0.451 e. The highest BCUT2D eigenvalue weighted by Crippen LogP contribution is 2.47. The van der Waals surface area contributed by atoms with Gasteiger partial charge in [-0.15, -0.1) is 11.8 Å². The zero-order chi connectivity index (χ0) is 21.1. The van der Waals surface area contributed by atoms with Gasteiger partial charge in [-0.25, -0.2) is 0 Å². The Hall–Kier alpha value is -2.31. The Kier molecular flexibility index (Phi) is 6.65. The SMILES string of the molecule is CC(=O)OC1C(=O)N(CCN(C)C)c2ccc(C)cc2SC1c1ccc(C)cc1. The largest absolute Gasteiger partial charge is 0.451 e. The lowest BCUT2D eigenvalue weighted by atomic mass is 10.0. The molecular weight excluding hydrogens is 384 g/mol. The maximum atomic E-state index is 13.6. The first-order valence-corrected chi connectivity index (χ1v) is 10.6. The van der Waals surface area contributed by atoms with Crippen molar-refractivity contribution in [3.63, 3.8) is 0 Å². The van der Waals surface area contributed by atoms with E-state index in [0.717, 1.165) is 27.3 Å². The molecular formula is C23H28N2O3S. The third kappa shape index (κ3) is 5.00. The summed E-state index contributed by atoms with van der Waals surface area (Å²) in [5.41, 5.74) is 4.12. The molecule has 6 heteroatoms. The summed E-state index contributed by atoms with van der Waals surface area (Å²) in [5.74, 6) is -0.626. The second-order valence-electron chi connectivity index (χ2n) is 7.74. The van der Waals surface area contributed by atoms with Gasteiger partial charge in [0.2, 0.25) is 0 Å². The number of amides is 1. The minimum atomic E-state index is -0.880. The first kappa shape index (κ1) is 21.4. The predicted octanol–water partition coefficient (Wildman–Crippen LogP) is 3.98. The Morgan fingerprint density at radius 3 is 2.38 bits per heavy atom. The Labute approximate surface area is 177 Å². The fourth-order valence-corrected chi connectivity index (χ4v) is 4.78. The number of nitrogens with zero attached hydrogens (tertiary/aromatic N) is 2. The van der Waals surface area contributed by atoms with E-state index in [4.69, 9.17) is 4.74 Å². The van der Waals surface area contributed by atoms with Gasteiger partial charge in [-0.3, -0.25) is 9.59 Å². The van der Waals surface area contributed by atoms with E-state index >= 15 is 0 Å². The van der Waals surface area contributed by atoms with E-state index in [1.807, 2.05) is 69.2 Å². The Morgan fingerprint density at radius 2 is 1.76 bits per heavy atom. The van der Waals surface area contributed by atoms with Crippen molar-refractivity contribution in [1.82, 2.24) is 4.90 Å². The lowest BCUT2D eigenvalue weighted by molar-refractivity contribution is -0.152. The van der Waals surface area contributed by atoms with E-state index < -0.39 is 12.1 Å². The van der Waals surface area contributed by atoms with Crippen LogP contribution in [0.2, 0.25) is 0 Å². The molecule has 0 radical (unpaired) electrons. The van der Waals surface area contributed by atoms with Crippen LogP contribution in [0.3, 0.4) is 0 Å². The molecule has 0 N–H and O–H groups in total. The van der Waals surface area contributed by atoms with Crippen molar-refractivity contribution in [1.29, 1.82) is 0 Å². The van der Waals surface area contributed by atoms with Gasteiger partial charge in [-0.2, -0.15) is 0 Å². The number of carbonyl (C=O) groups excluding carboxylic acids is 2. The molecule has 2 atom stereocenters. The van der Waals surface area contributed by atoms with Crippen LogP contribution in [0.15, 0.2) is 47.4 Å². The molecule has 0 fully saturated rings. The van der Waals surface area contributed by atoms with Gasteiger partial charge in [0.15, 0.2) is 6.10 Å². The predicted molar refractivity (Wildman–Crippen MR) is 117 cm³/mol. The number of thioether (sulfide) groups is 1. The maximum absolute atomic E-state index is 13.6. The highest BCUT2D eigenvalue weighted by Gasteiger charge is 2.40. The van der Waals surface area contributed by atoms with Crippen LogP contribution >= 0.6 is 11.8 Å². The number of hydrogen-bond acceptors (Lipinski definition) is 5. The molecule has 0 saturated heterocycles. The molecule has 1 heterocycles. The number of benzene rings is 2. The second-order valence-corrected chi connectivity index (χ2v) is 8.93. The molecule has 5 nitrogen and oxygen atoms in total. The normalized spacial score (nSPS) is 19.1. The average molecular weight is 413 g/mol. The molecule has 0 aromatic heterocycles. The fraction of sp³-hybridized carbons (Fsp3) is 0.391. The highest BCUT2D eigenvalue weighted by atomic mass is 32.2. The number of likely N-dealkylation sites (N-methyl/N-ethyl adjacent to an activating group) is 1. The van der Waals surface area contributed by atoms with E-state index in [9.17, 15) is 9.59 Å². The van der Waals surface area contributed by atoms with Gasteiger partial charge in [-0.1, -0.05) is 35.9 Å². The number of aryl methyl sites for hydroxylation is 2. The number of rotatable bonds is 5. The third-order valence-electron chi connectivity index (χ3n) is 4.91. The molecule has 29 heavy (non-hydrogen) atoms. The van der Waals surface area contributed by atoms with Crippen LogP contribution in [0.1, 0.15) is 28.9 Å². The summed E-state index contributed by atoms with van der Waals surface area (Å²) in [4.78, 5) is 30.3. The number of esters is 1. The van der Waals surface area contributed by atoms with Gasteiger partial charge in [0.05, 0.1) is 10.9 Å². The van der Waals surface area contributed by atoms with Crippen LogP contribution in [0.5, 0.6) is 0 Å². The molecule has 3 rings (SSSR count). The number of anilines is 1. The average Bonchev–Trinajstić information content (AvgIpc) is 2.76. The molecule has 1 amide bonds. The first-order valence-electron chi connectivity index (χ1n) is 9.73. The van der Waals surface area contributed by atoms with E-state index in [1.54, 1.807) is 16.7 Å². The Bertz CT molecular complexity index is 895. The quantitative estimate of drug-likeness (QED) is 0.696. The molecule has 1 aliphatic heterocycles. The highest BCUT2D eigenvalue weighted by molar-refractivity contribution is 7.99. The smallest absolute Gasteiger partial charge is 0.303 e. The number of hydrogen-bond donors (Lipinski definition) is 0. The lowest BCUT2D eigenvalue weighted by Gasteiger charge is -2.28. The van der Waals surface area contributed by atoms with Crippen molar-refractivity contribution < 1.29 is 14.3 Å². The first-order chi connectivity index (χ1) is 13.8. The van der Waals surface area contributed by atoms with Crippen molar-refractivity contribution >= 4 is 29.3 Å². The molecule has 2 aromatic carbocycles.